The van der Waals surface area contributed by atoms with Crippen molar-refractivity contribution in [2.45, 2.75) is 11.7 Å². The molecule has 0 fully saturated rings. The van der Waals surface area contributed by atoms with Gasteiger partial charge in [-0.05, 0) is 4.79 Å². The molecule has 0 bridgehead atoms. The Bertz CT molecular complexity index is 120. The molecule has 0 saturated carbocycles. The molecular weight excluding hydrogens is 150 g/mol. The van der Waals surface area contributed by atoms with Crippen LogP contribution in [0.2, 0.25) is 0 Å². The predicted octanol–water partition coefficient (Wildman–Crippen LogP) is -2.95. The molecule has 1 unspecified atom stereocenters. The van der Waals surface area contributed by atoms with Gasteiger partial charge in [0.05, 0.1) is 5.92 Å². The molecule has 3 N–H and O–H groups in total. The van der Waals surface area contributed by atoms with Gasteiger partial charge in [0.25, 0.3) is 0 Å². The van der Waals surface area contributed by atoms with E-state index in [-0.39, 0.29) is 10.7 Å². The molecule has 0 aliphatic heterocycles. The average molecular weight is 163 g/mol. The topological polar surface area (TPSA) is 63.3 Å². The highest BCUT2D eigenvalue weighted by Crippen LogP contribution is 2.05. The standard InChI is InChI=1S/C4H13NO2Si2/c1-2(3(6)7)4(5,8)9/h2H,5H2,1,8-9H3,(H,6,7). The van der Waals surface area contributed by atoms with E-state index in [0.717, 1.165) is 20.5 Å². The van der Waals surface area contributed by atoms with Gasteiger partial charge in [0.2, 0.25) is 0 Å². The molecule has 3 nitrogen and oxygen atoms in total. The maximum atomic E-state index is 10.3. The van der Waals surface area contributed by atoms with Gasteiger partial charge in [0.15, 0.2) is 0 Å². The van der Waals surface area contributed by atoms with Gasteiger partial charge in [-0.25, -0.2) is 0 Å². The van der Waals surface area contributed by atoms with E-state index in [1.807, 2.05) is 0 Å². The first kappa shape index (κ1) is 8.86. The van der Waals surface area contributed by atoms with Crippen LogP contribution in [-0.4, -0.2) is 36.3 Å². The second kappa shape index (κ2) is 2.63. The van der Waals surface area contributed by atoms with E-state index in [1.165, 1.54) is 0 Å². The summed E-state index contributed by atoms with van der Waals surface area (Å²) in [6.45, 7) is 1.67. The first-order valence-electron chi connectivity index (χ1n) is 2.87. The van der Waals surface area contributed by atoms with Crippen molar-refractivity contribution in [3.05, 3.63) is 0 Å². The Morgan fingerprint density at radius 3 is 2.11 bits per heavy atom. The van der Waals surface area contributed by atoms with Gasteiger partial charge in [-0.1, -0.05) is 6.92 Å². The van der Waals surface area contributed by atoms with Gasteiger partial charge in [0.1, 0.15) is 0 Å². The van der Waals surface area contributed by atoms with Gasteiger partial charge < -0.3 is 10.8 Å². The number of carboxylic acids is 1. The number of hydrogen-bond donors (Lipinski definition) is 2. The second-order valence-electron chi connectivity index (χ2n) is 2.88. The minimum Gasteiger partial charge on any atom is -0.481 e. The zero-order chi connectivity index (χ0) is 7.65. The molecule has 0 aliphatic rings. The number of carboxylic acid groups (broad SMARTS) is 1. The van der Waals surface area contributed by atoms with E-state index in [4.69, 9.17) is 10.8 Å². The Kier molecular flexibility index (Phi) is 2.59. The summed E-state index contributed by atoms with van der Waals surface area (Å²) in [4.78, 5) is 9.97. The zero-order valence-electron chi connectivity index (χ0n) is 6.01. The van der Waals surface area contributed by atoms with Gasteiger partial charge in [0, 0.05) is 20.5 Å². The summed E-state index contributed by atoms with van der Waals surface area (Å²) in [5.41, 5.74) is 5.62. The van der Waals surface area contributed by atoms with Crippen LogP contribution in [0.3, 0.4) is 0 Å². The minimum absolute atomic E-state index is 0.341. The minimum atomic E-state index is -0.775. The highest BCUT2D eigenvalue weighted by Gasteiger charge is 2.26. The summed E-state index contributed by atoms with van der Waals surface area (Å²) in [6.07, 6.45) is 0. The van der Waals surface area contributed by atoms with Crippen molar-refractivity contribution in [3.63, 3.8) is 0 Å². The third-order valence-electron chi connectivity index (χ3n) is 1.49. The van der Waals surface area contributed by atoms with Gasteiger partial charge >= 0.3 is 5.97 Å². The fourth-order valence-corrected chi connectivity index (χ4v) is 0.812. The van der Waals surface area contributed by atoms with Crippen LogP contribution in [0, 0.1) is 5.92 Å². The SMILES string of the molecule is CC(C(=O)O)C(N)([SiH3])[SiH3]. The van der Waals surface area contributed by atoms with Crippen molar-refractivity contribution in [1.82, 2.24) is 0 Å². The number of carbonyl (C=O) groups is 1. The van der Waals surface area contributed by atoms with Crippen molar-refractivity contribution >= 4 is 26.5 Å². The Morgan fingerprint density at radius 2 is 2.11 bits per heavy atom. The lowest BCUT2D eigenvalue weighted by Gasteiger charge is -2.22. The largest absolute Gasteiger partial charge is 0.481 e. The van der Waals surface area contributed by atoms with Crippen LogP contribution in [0.5, 0.6) is 0 Å². The lowest BCUT2D eigenvalue weighted by Crippen LogP contribution is -2.50. The number of nitrogens with two attached hydrogens (primary N) is 1. The summed E-state index contributed by atoms with van der Waals surface area (Å²) in [7, 11) is 1.54. The van der Waals surface area contributed by atoms with Crippen LogP contribution in [-0.2, 0) is 4.79 Å². The average Bonchev–Trinajstić information content (AvgIpc) is 1.62. The fourth-order valence-electron chi connectivity index (χ4n) is 0.318. The normalized spacial score (nSPS) is 21.1. The molecule has 0 saturated heterocycles. The molecule has 5 heteroatoms. The van der Waals surface area contributed by atoms with E-state index >= 15 is 0 Å². The Hall–Kier alpha value is -0.136. The Balaban J connectivity index is 4.04. The van der Waals surface area contributed by atoms with Crippen LogP contribution >= 0.6 is 0 Å². The van der Waals surface area contributed by atoms with E-state index in [0.29, 0.717) is 0 Å². The number of rotatable bonds is 2. The highest BCUT2D eigenvalue weighted by atomic mass is 28.2. The summed E-state index contributed by atoms with van der Waals surface area (Å²) in [6, 6.07) is 0. The lowest BCUT2D eigenvalue weighted by atomic mass is 10.2. The van der Waals surface area contributed by atoms with Crippen LogP contribution in [0.1, 0.15) is 6.92 Å². The first-order valence-corrected chi connectivity index (χ1v) is 4.87. The van der Waals surface area contributed by atoms with E-state index in [9.17, 15) is 4.79 Å². The Labute approximate surface area is 60.5 Å². The van der Waals surface area contributed by atoms with Gasteiger partial charge in [-0.15, -0.1) is 0 Å². The molecule has 0 radical (unpaired) electrons. The predicted molar refractivity (Wildman–Crippen MR) is 43.6 cm³/mol. The van der Waals surface area contributed by atoms with Crippen molar-refractivity contribution in [2.24, 2.45) is 11.7 Å². The van der Waals surface area contributed by atoms with Crippen LogP contribution < -0.4 is 5.73 Å². The molecule has 0 amide bonds. The van der Waals surface area contributed by atoms with E-state index in [2.05, 4.69) is 0 Å². The van der Waals surface area contributed by atoms with E-state index < -0.39 is 5.97 Å². The molecule has 0 aromatic carbocycles. The molecule has 0 heterocycles. The van der Waals surface area contributed by atoms with Crippen LogP contribution in [0.15, 0.2) is 0 Å². The number of hydrogen-bond acceptors (Lipinski definition) is 2. The third kappa shape index (κ3) is 2.78. The van der Waals surface area contributed by atoms with Crippen LogP contribution in [0.4, 0.5) is 0 Å². The zero-order valence-corrected chi connectivity index (χ0v) is 10.0. The molecule has 1 atom stereocenters. The molecule has 0 spiro atoms. The summed E-state index contributed by atoms with van der Waals surface area (Å²) in [5, 5.41) is 8.48. The fraction of sp³-hybridized carbons (Fsp3) is 0.750. The third-order valence-corrected chi connectivity index (χ3v) is 3.22. The second-order valence-corrected chi connectivity index (χ2v) is 9.19. The summed E-state index contributed by atoms with van der Waals surface area (Å²) < 4.78 is 0. The summed E-state index contributed by atoms with van der Waals surface area (Å²) in [5.74, 6) is -1.14. The highest BCUT2D eigenvalue weighted by molar-refractivity contribution is 6.41. The lowest BCUT2D eigenvalue weighted by molar-refractivity contribution is -0.141. The van der Waals surface area contributed by atoms with E-state index in [1.54, 1.807) is 6.92 Å². The maximum Gasteiger partial charge on any atom is 0.307 e. The van der Waals surface area contributed by atoms with Crippen molar-refractivity contribution in [2.75, 3.05) is 0 Å². The van der Waals surface area contributed by atoms with Crippen LogP contribution in [0.25, 0.3) is 0 Å². The maximum absolute atomic E-state index is 10.3. The quantitative estimate of drug-likeness (QED) is 0.428. The Morgan fingerprint density at radius 1 is 1.78 bits per heavy atom. The van der Waals surface area contributed by atoms with Gasteiger partial charge in [-0.3, -0.25) is 4.79 Å². The number of aliphatic carboxylic acids is 1. The van der Waals surface area contributed by atoms with Crippen molar-refractivity contribution in [1.29, 1.82) is 0 Å². The molecule has 9 heavy (non-hydrogen) atoms. The first-order chi connectivity index (χ1) is 3.85. The molecule has 0 aromatic heterocycles. The molecule has 0 aliphatic carbocycles. The monoisotopic (exact) mass is 163 g/mol. The molecule has 0 rings (SSSR count). The van der Waals surface area contributed by atoms with Gasteiger partial charge in [-0.2, -0.15) is 0 Å². The molecular formula is C4H13NO2Si2. The van der Waals surface area contributed by atoms with Crippen molar-refractivity contribution < 1.29 is 9.90 Å². The summed E-state index contributed by atoms with van der Waals surface area (Å²) >= 11 is 0. The molecule has 54 valence electrons. The smallest absolute Gasteiger partial charge is 0.307 e. The molecule has 0 aromatic rings. The van der Waals surface area contributed by atoms with Crippen molar-refractivity contribution in [3.8, 4) is 0 Å².